The summed E-state index contributed by atoms with van der Waals surface area (Å²) in [6.07, 6.45) is 1.71. The van der Waals surface area contributed by atoms with Gasteiger partial charge in [0.25, 0.3) is 0 Å². The topological polar surface area (TPSA) is 51.0 Å². The highest BCUT2D eigenvalue weighted by Gasteiger charge is 2.23. The number of amides is 1. The lowest BCUT2D eigenvalue weighted by Crippen LogP contribution is -2.36. The third-order valence-corrected chi connectivity index (χ3v) is 4.44. The summed E-state index contributed by atoms with van der Waals surface area (Å²) in [5, 5.41) is 8.63. The van der Waals surface area contributed by atoms with Crippen LogP contribution < -0.4 is 4.90 Å². The number of hydrogen-bond acceptors (Lipinski definition) is 4. The molecule has 1 amide bonds. The first-order valence-electron chi connectivity index (χ1n) is 7.47. The Morgan fingerprint density at radius 1 is 1.27 bits per heavy atom. The summed E-state index contributed by atoms with van der Waals surface area (Å²) < 4.78 is 1.98. The van der Waals surface area contributed by atoms with Gasteiger partial charge in [-0.05, 0) is 39.8 Å². The van der Waals surface area contributed by atoms with Crippen LogP contribution in [-0.2, 0) is 4.79 Å². The van der Waals surface area contributed by atoms with Gasteiger partial charge in [0.05, 0.1) is 5.25 Å². The Morgan fingerprint density at radius 3 is 2.55 bits per heavy atom. The number of para-hydroxylation sites is 1. The number of aromatic nitrogens is 3. The van der Waals surface area contributed by atoms with Gasteiger partial charge in [-0.1, -0.05) is 30.0 Å². The Hall–Kier alpha value is -1.82. The maximum atomic E-state index is 12.7. The molecule has 1 aromatic heterocycles. The maximum Gasteiger partial charge on any atom is 0.240 e. The molecular formula is C16H22N4OS. The number of benzene rings is 1. The zero-order valence-corrected chi connectivity index (χ0v) is 14.2. The van der Waals surface area contributed by atoms with Crippen LogP contribution in [0.2, 0.25) is 0 Å². The number of anilines is 1. The lowest BCUT2D eigenvalue weighted by molar-refractivity contribution is -0.117. The lowest BCUT2D eigenvalue weighted by atomic mass is 10.2. The van der Waals surface area contributed by atoms with E-state index in [0.29, 0.717) is 6.54 Å². The van der Waals surface area contributed by atoms with Gasteiger partial charge in [0.2, 0.25) is 5.91 Å². The predicted molar refractivity (Wildman–Crippen MR) is 90.2 cm³/mol. The second kappa shape index (κ2) is 7.45. The van der Waals surface area contributed by atoms with Gasteiger partial charge < -0.3 is 9.47 Å². The van der Waals surface area contributed by atoms with Crippen LogP contribution in [0.4, 0.5) is 5.69 Å². The van der Waals surface area contributed by atoms with E-state index in [4.69, 9.17) is 0 Å². The van der Waals surface area contributed by atoms with Crippen LogP contribution in [-0.4, -0.2) is 32.5 Å². The summed E-state index contributed by atoms with van der Waals surface area (Å²) in [6.45, 7) is 8.69. The maximum absolute atomic E-state index is 12.7. The van der Waals surface area contributed by atoms with Gasteiger partial charge in [-0.25, -0.2) is 0 Å². The van der Waals surface area contributed by atoms with Crippen molar-refractivity contribution in [2.75, 3.05) is 11.4 Å². The summed E-state index contributed by atoms with van der Waals surface area (Å²) in [5.41, 5.74) is 0.924. The van der Waals surface area contributed by atoms with E-state index in [1.807, 2.05) is 48.7 Å². The summed E-state index contributed by atoms with van der Waals surface area (Å²) >= 11 is 1.45. The normalized spacial score (nSPS) is 12.4. The molecule has 1 atom stereocenters. The van der Waals surface area contributed by atoms with Crippen molar-refractivity contribution >= 4 is 23.4 Å². The van der Waals surface area contributed by atoms with Crippen molar-refractivity contribution in [3.8, 4) is 0 Å². The molecular weight excluding hydrogens is 296 g/mol. The predicted octanol–water partition coefficient (Wildman–Crippen LogP) is 3.39. The van der Waals surface area contributed by atoms with E-state index in [1.54, 1.807) is 11.2 Å². The number of carbonyl (C=O) groups is 1. The van der Waals surface area contributed by atoms with Crippen LogP contribution in [0.1, 0.15) is 33.7 Å². The van der Waals surface area contributed by atoms with Crippen LogP contribution in [0.3, 0.4) is 0 Å². The molecule has 0 fully saturated rings. The fourth-order valence-corrected chi connectivity index (χ4v) is 3.19. The molecule has 2 rings (SSSR count). The average molecular weight is 318 g/mol. The Bertz CT molecular complexity index is 612. The molecule has 0 aliphatic heterocycles. The monoisotopic (exact) mass is 318 g/mol. The molecule has 0 bridgehead atoms. The van der Waals surface area contributed by atoms with E-state index in [0.717, 1.165) is 10.8 Å². The molecule has 0 saturated heterocycles. The second-order valence-corrected chi connectivity index (χ2v) is 6.60. The Morgan fingerprint density at radius 2 is 1.95 bits per heavy atom. The van der Waals surface area contributed by atoms with Gasteiger partial charge in [-0.2, -0.15) is 0 Å². The largest absolute Gasteiger partial charge is 0.312 e. The summed E-state index contributed by atoms with van der Waals surface area (Å²) in [6, 6.07) is 10.0. The molecule has 0 aliphatic carbocycles. The minimum atomic E-state index is -0.221. The van der Waals surface area contributed by atoms with E-state index >= 15 is 0 Å². The lowest BCUT2D eigenvalue weighted by Gasteiger charge is -2.24. The van der Waals surface area contributed by atoms with E-state index < -0.39 is 0 Å². The van der Waals surface area contributed by atoms with E-state index in [9.17, 15) is 4.79 Å². The Balaban J connectivity index is 2.12. The fraction of sp³-hybridized carbons (Fsp3) is 0.438. The molecule has 1 heterocycles. The van der Waals surface area contributed by atoms with Crippen molar-refractivity contribution in [1.82, 2.24) is 14.8 Å². The molecule has 0 saturated carbocycles. The summed E-state index contributed by atoms with van der Waals surface area (Å²) in [4.78, 5) is 14.5. The van der Waals surface area contributed by atoms with Crippen molar-refractivity contribution in [2.45, 2.75) is 44.1 Å². The minimum absolute atomic E-state index is 0.0806. The third-order valence-electron chi connectivity index (χ3n) is 3.38. The molecule has 118 valence electrons. The number of nitrogens with zero attached hydrogens (tertiary/aromatic N) is 4. The van der Waals surface area contributed by atoms with Gasteiger partial charge in [0.15, 0.2) is 5.16 Å². The summed E-state index contributed by atoms with van der Waals surface area (Å²) in [5.74, 6) is 0.0806. The van der Waals surface area contributed by atoms with Gasteiger partial charge in [0.1, 0.15) is 6.33 Å². The van der Waals surface area contributed by atoms with Gasteiger partial charge in [-0.3, -0.25) is 4.79 Å². The van der Waals surface area contributed by atoms with Crippen LogP contribution in [0.5, 0.6) is 0 Å². The molecule has 0 spiro atoms. The zero-order valence-electron chi connectivity index (χ0n) is 13.4. The summed E-state index contributed by atoms with van der Waals surface area (Å²) in [7, 11) is 0. The van der Waals surface area contributed by atoms with Crippen LogP contribution in [0.25, 0.3) is 0 Å². The zero-order chi connectivity index (χ0) is 16.1. The van der Waals surface area contributed by atoms with Crippen molar-refractivity contribution < 1.29 is 4.79 Å². The molecule has 1 aromatic carbocycles. The smallest absolute Gasteiger partial charge is 0.240 e. The van der Waals surface area contributed by atoms with Gasteiger partial charge >= 0.3 is 0 Å². The van der Waals surface area contributed by atoms with Gasteiger partial charge in [0, 0.05) is 18.3 Å². The fourth-order valence-electron chi connectivity index (χ4n) is 2.17. The molecule has 2 aromatic rings. The van der Waals surface area contributed by atoms with Crippen molar-refractivity contribution in [2.24, 2.45) is 0 Å². The van der Waals surface area contributed by atoms with Crippen LogP contribution in [0.15, 0.2) is 41.8 Å². The molecule has 0 radical (unpaired) electrons. The quantitative estimate of drug-likeness (QED) is 0.766. The number of thioether (sulfide) groups is 1. The van der Waals surface area contributed by atoms with Crippen LogP contribution >= 0.6 is 11.8 Å². The van der Waals surface area contributed by atoms with Crippen molar-refractivity contribution in [3.05, 3.63) is 36.7 Å². The van der Waals surface area contributed by atoms with E-state index in [2.05, 4.69) is 24.0 Å². The van der Waals surface area contributed by atoms with Gasteiger partial charge in [-0.15, -0.1) is 10.2 Å². The Kier molecular flexibility index (Phi) is 5.60. The van der Waals surface area contributed by atoms with E-state index in [-0.39, 0.29) is 17.2 Å². The minimum Gasteiger partial charge on any atom is -0.312 e. The SMILES string of the molecule is CCN(C(=O)C(C)Sc1nncn1C(C)C)c1ccccc1. The molecule has 22 heavy (non-hydrogen) atoms. The average Bonchev–Trinajstić information content (AvgIpc) is 2.97. The molecule has 6 heteroatoms. The first kappa shape index (κ1) is 16.5. The Labute approximate surface area is 135 Å². The van der Waals surface area contributed by atoms with E-state index in [1.165, 1.54) is 11.8 Å². The highest BCUT2D eigenvalue weighted by Crippen LogP contribution is 2.26. The molecule has 1 unspecified atom stereocenters. The molecule has 0 N–H and O–H groups in total. The highest BCUT2D eigenvalue weighted by molar-refractivity contribution is 8.00. The van der Waals surface area contributed by atoms with Crippen molar-refractivity contribution in [3.63, 3.8) is 0 Å². The first-order chi connectivity index (χ1) is 10.5. The third kappa shape index (κ3) is 3.68. The standard InChI is InChI=1S/C16H22N4OS/c1-5-19(14-9-7-6-8-10-14)15(21)13(4)22-16-18-17-11-20(16)12(2)3/h6-13H,5H2,1-4H3. The molecule has 5 nitrogen and oxygen atoms in total. The van der Waals surface area contributed by atoms with Crippen molar-refractivity contribution in [1.29, 1.82) is 0 Å². The number of carbonyl (C=O) groups excluding carboxylic acids is 1. The molecule has 0 aliphatic rings. The number of rotatable bonds is 6. The first-order valence-corrected chi connectivity index (χ1v) is 8.35. The van der Waals surface area contributed by atoms with Crippen LogP contribution in [0, 0.1) is 0 Å². The number of hydrogen-bond donors (Lipinski definition) is 0. The second-order valence-electron chi connectivity index (χ2n) is 5.29. The highest BCUT2D eigenvalue weighted by atomic mass is 32.2.